The van der Waals surface area contributed by atoms with Gasteiger partial charge in [-0.15, -0.1) is 10.2 Å². The highest BCUT2D eigenvalue weighted by atomic mass is 32.2. The van der Waals surface area contributed by atoms with E-state index in [1.165, 1.54) is 11.8 Å². The van der Waals surface area contributed by atoms with Gasteiger partial charge in [0.2, 0.25) is 5.16 Å². The average molecular weight is 278 g/mol. The number of nitrogen functional groups attached to an aromatic ring is 1. The van der Waals surface area contributed by atoms with Crippen molar-refractivity contribution in [3.8, 4) is 17.0 Å². The van der Waals surface area contributed by atoms with Crippen LogP contribution < -0.4 is 16.1 Å². The number of hydrogen-bond acceptors (Lipinski definition) is 6. The van der Waals surface area contributed by atoms with Crippen molar-refractivity contribution < 1.29 is 4.74 Å². The lowest BCUT2D eigenvalue weighted by Crippen LogP contribution is -2.31. The van der Waals surface area contributed by atoms with E-state index >= 15 is 0 Å². The van der Waals surface area contributed by atoms with Crippen molar-refractivity contribution in [2.75, 3.05) is 19.2 Å². The molecule has 0 radical (unpaired) electrons. The van der Waals surface area contributed by atoms with Crippen LogP contribution in [0.2, 0.25) is 0 Å². The molecule has 0 saturated carbocycles. The first-order valence-electron chi connectivity index (χ1n) is 5.52. The molecule has 0 spiro atoms. The Morgan fingerprint density at radius 1 is 1.37 bits per heavy atom. The fourth-order valence-electron chi connectivity index (χ4n) is 1.67. The standard InChI is InChI=1S/C12H14N4O2S/c1-7-4-5-8(6-9(7)18-2)10-11(17)16(13)12(19-3)15-14-10/h4-6H,13H2,1-3H3. The van der Waals surface area contributed by atoms with E-state index in [1.54, 1.807) is 25.5 Å². The lowest BCUT2D eigenvalue weighted by Gasteiger charge is -2.08. The Hall–Kier alpha value is -2.02. The number of aromatic nitrogens is 3. The van der Waals surface area contributed by atoms with Crippen molar-refractivity contribution in [1.82, 2.24) is 14.9 Å². The molecule has 0 bridgehead atoms. The maximum atomic E-state index is 12.1. The van der Waals surface area contributed by atoms with E-state index in [1.807, 2.05) is 13.0 Å². The molecule has 2 N–H and O–H groups in total. The quantitative estimate of drug-likeness (QED) is 0.667. The Morgan fingerprint density at radius 2 is 2.11 bits per heavy atom. The molecule has 0 amide bonds. The number of methoxy groups -OCH3 is 1. The second kappa shape index (κ2) is 5.31. The number of thioether (sulfide) groups is 1. The summed E-state index contributed by atoms with van der Waals surface area (Å²) in [6.07, 6.45) is 1.78. The molecule has 100 valence electrons. The third kappa shape index (κ3) is 2.41. The van der Waals surface area contributed by atoms with Gasteiger partial charge in [-0.1, -0.05) is 23.9 Å². The Morgan fingerprint density at radius 3 is 2.74 bits per heavy atom. The SMILES string of the molecule is COc1cc(-c2nnc(SC)n(N)c2=O)ccc1C. The van der Waals surface area contributed by atoms with E-state index in [9.17, 15) is 4.79 Å². The number of nitrogens with two attached hydrogens (primary N) is 1. The lowest BCUT2D eigenvalue weighted by atomic mass is 10.1. The number of hydrogen-bond donors (Lipinski definition) is 1. The summed E-state index contributed by atoms with van der Waals surface area (Å²) in [4.78, 5) is 12.1. The van der Waals surface area contributed by atoms with Crippen LogP contribution in [0.25, 0.3) is 11.3 Å². The highest BCUT2D eigenvalue weighted by molar-refractivity contribution is 7.98. The molecular formula is C12H14N4O2S. The first-order valence-corrected chi connectivity index (χ1v) is 6.74. The zero-order chi connectivity index (χ0) is 14.0. The van der Waals surface area contributed by atoms with Gasteiger partial charge in [0, 0.05) is 5.56 Å². The van der Waals surface area contributed by atoms with Crippen molar-refractivity contribution in [2.45, 2.75) is 12.1 Å². The van der Waals surface area contributed by atoms with Crippen molar-refractivity contribution >= 4 is 11.8 Å². The van der Waals surface area contributed by atoms with E-state index in [2.05, 4.69) is 10.2 Å². The highest BCUT2D eigenvalue weighted by Crippen LogP contribution is 2.23. The molecule has 0 atom stereocenters. The van der Waals surface area contributed by atoms with Crippen LogP contribution in [0.5, 0.6) is 5.75 Å². The van der Waals surface area contributed by atoms with Crippen LogP contribution >= 0.6 is 11.8 Å². The van der Waals surface area contributed by atoms with Gasteiger partial charge in [-0.2, -0.15) is 4.68 Å². The predicted octanol–water partition coefficient (Wildman–Crippen LogP) is 1.06. The average Bonchev–Trinajstić information content (AvgIpc) is 2.43. The Balaban J connectivity index is 2.60. The molecule has 0 aliphatic rings. The Labute approximate surface area is 114 Å². The predicted molar refractivity (Wildman–Crippen MR) is 74.9 cm³/mol. The number of benzene rings is 1. The van der Waals surface area contributed by atoms with Crippen LogP contribution in [0.4, 0.5) is 0 Å². The molecule has 19 heavy (non-hydrogen) atoms. The van der Waals surface area contributed by atoms with Crippen molar-refractivity contribution in [1.29, 1.82) is 0 Å². The molecule has 1 aromatic heterocycles. The summed E-state index contributed by atoms with van der Waals surface area (Å²) in [5.74, 6) is 6.37. The van der Waals surface area contributed by atoms with E-state index in [4.69, 9.17) is 10.6 Å². The third-order valence-electron chi connectivity index (χ3n) is 2.73. The largest absolute Gasteiger partial charge is 0.496 e. The lowest BCUT2D eigenvalue weighted by molar-refractivity contribution is 0.412. The second-order valence-electron chi connectivity index (χ2n) is 3.89. The monoisotopic (exact) mass is 278 g/mol. The molecule has 7 heteroatoms. The summed E-state index contributed by atoms with van der Waals surface area (Å²) >= 11 is 1.26. The maximum Gasteiger partial charge on any atom is 0.299 e. The molecule has 2 aromatic rings. The van der Waals surface area contributed by atoms with Crippen LogP contribution in [-0.4, -0.2) is 28.2 Å². The van der Waals surface area contributed by atoms with Crippen LogP contribution in [0.1, 0.15) is 5.56 Å². The molecule has 1 aromatic carbocycles. The minimum atomic E-state index is -0.384. The molecule has 0 fully saturated rings. The van der Waals surface area contributed by atoms with Crippen molar-refractivity contribution in [3.05, 3.63) is 34.1 Å². The number of aryl methyl sites for hydroxylation is 1. The summed E-state index contributed by atoms with van der Waals surface area (Å²) in [5.41, 5.74) is 1.43. The van der Waals surface area contributed by atoms with Crippen LogP contribution in [-0.2, 0) is 0 Å². The van der Waals surface area contributed by atoms with E-state index in [0.29, 0.717) is 16.5 Å². The van der Waals surface area contributed by atoms with Crippen LogP contribution in [0.3, 0.4) is 0 Å². The summed E-state index contributed by atoms with van der Waals surface area (Å²) in [6.45, 7) is 1.92. The Kier molecular flexibility index (Phi) is 3.75. The molecule has 1 heterocycles. The van der Waals surface area contributed by atoms with Gasteiger partial charge in [0.05, 0.1) is 7.11 Å². The first-order chi connectivity index (χ1) is 9.08. The molecule has 0 aliphatic heterocycles. The molecule has 0 unspecified atom stereocenters. The van der Waals surface area contributed by atoms with Gasteiger partial charge in [-0.05, 0) is 24.8 Å². The number of rotatable bonds is 3. The fraction of sp³-hybridized carbons (Fsp3) is 0.250. The molecule has 6 nitrogen and oxygen atoms in total. The van der Waals surface area contributed by atoms with Gasteiger partial charge in [0.25, 0.3) is 5.56 Å². The van der Waals surface area contributed by atoms with Gasteiger partial charge >= 0.3 is 0 Å². The summed E-state index contributed by atoms with van der Waals surface area (Å²) < 4.78 is 6.23. The Bertz CT molecular complexity index is 669. The smallest absolute Gasteiger partial charge is 0.299 e. The fourth-order valence-corrected chi connectivity index (χ4v) is 2.07. The van der Waals surface area contributed by atoms with Crippen molar-refractivity contribution in [3.63, 3.8) is 0 Å². The first kappa shape index (κ1) is 13.4. The maximum absolute atomic E-state index is 12.1. The van der Waals surface area contributed by atoms with Gasteiger partial charge in [-0.25, -0.2) is 0 Å². The molecule has 0 saturated heterocycles. The molecule has 2 rings (SSSR count). The van der Waals surface area contributed by atoms with Crippen LogP contribution in [0, 0.1) is 6.92 Å². The van der Waals surface area contributed by atoms with Gasteiger partial charge in [0.1, 0.15) is 5.75 Å². The van der Waals surface area contributed by atoms with Gasteiger partial charge < -0.3 is 10.6 Å². The van der Waals surface area contributed by atoms with Crippen molar-refractivity contribution in [2.24, 2.45) is 0 Å². The van der Waals surface area contributed by atoms with E-state index in [-0.39, 0.29) is 11.3 Å². The zero-order valence-corrected chi connectivity index (χ0v) is 11.7. The molecular weight excluding hydrogens is 264 g/mol. The summed E-state index contributed by atoms with van der Waals surface area (Å²) in [7, 11) is 1.58. The van der Waals surface area contributed by atoms with Crippen LogP contribution in [0.15, 0.2) is 28.2 Å². The highest BCUT2D eigenvalue weighted by Gasteiger charge is 2.12. The summed E-state index contributed by atoms with van der Waals surface area (Å²) in [6, 6.07) is 5.40. The minimum absolute atomic E-state index is 0.207. The zero-order valence-electron chi connectivity index (χ0n) is 10.9. The van der Waals surface area contributed by atoms with E-state index < -0.39 is 0 Å². The summed E-state index contributed by atoms with van der Waals surface area (Å²) in [5, 5.41) is 8.24. The van der Waals surface area contributed by atoms with Gasteiger partial charge in [0.15, 0.2) is 5.69 Å². The normalized spacial score (nSPS) is 10.5. The van der Waals surface area contributed by atoms with E-state index in [0.717, 1.165) is 10.2 Å². The second-order valence-corrected chi connectivity index (χ2v) is 4.67. The van der Waals surface area contributed by atoms with Gasteiger partial charge in [-0.3, -0.25) is 4.79 Å². The number of ether oxygens (including phenoxy) is 1. The minimum Gasteiger partial charge on any atom is -0.496 e. The number of nitrogens with zero attached hydrogens (tertiary/aromatic N) is 3. The third-order valence-corrected chi connectivity index (χ3v) is 3.37. The topological polar surface area (TPSA) is 83.0 Å². The molecule has 0 aliphatic carbocycles.